The number of anilines is 1. The highest BCUT2D eigenvalue weighted by atomic mass is 16.3. The molecule has 2 aromatic rings. The van der Waals surface area contributed by atoms with E-state index in [4.69, 9.17) is 0 Å². The van der Waals surface area contributed by atoms with Gasteiger partial charge in [0.25, 0.3) is 11.8 Å². The van der Waals surface area contributed by atoms with Crippen LogP contribution in [0.5, 0.6) is 11.5 Å². The van der Waals surface area contributed by atoms with Gasteiger partial charge in [-0.25, -0.2) is 0 Å². The molecule has 0 fully saturated rings. The van der Waals surface area contributed by atoms with Crippen molar-refractivity contribution in [1.82, 2.24) is 5.32 Å². The predicted octanol–water partition coefficient (Wildman–Crippen LogP) is 2.49. The Kier molecular flexibility index (Phi) is 4.85. The van der Waals surface area contributed by atoms with E-state index in [9.17, 15) is 19.8 Å². The molecule has 0 aliphatic heterocycles. The first-order chi connectivity index (χ1) is 10.9. The Bertz CT molecular complexity index is 741. The van der Waals surface area contributed by atoms with Crippen LogP contribution >= 0.6 is 0 Å². The molecule has 0 atom stereocenters. The first-order valence-electron chi connectivity index (χ1n) is 7.11. The van der Waals surface area contributed by atoms with Crippen LogP contribution in [-0.2, 0) is 0 Å². The second kappa shape index (κ2) is 6.83. The molecule has 2 rings (SSSR count). The van der Waals surface area contributed by atoms with E-state index >= 15 is 0 Å². The van der Waals surface area contributed by atoms with Gasteiger partial charge in [-0.05, 0) is 38.1 Å². The van der Waals surface area contributed by atoms with Gasteiger partial charge in [-0.15, -0.1) is 0 Å². The molecule has 4 N–H and O–H groups in total. The van der Waals surface area contributed by atoms with E-state index in [2.05, 4.69) is 10.6 Å². The topological polar surface area (TPSA) is 98.7 Å². The molecule has 6 heteroatoms. The van der Waals surface area contributed by atoms with Crippen molar-refractivity contribution in [3.63, 3.8) is 0 Å². The third-order valence-electron chi connectivity index (χ3n) is 3.07. The molecule has 0 aliphatic rings. The largest absolute Gasteiger partial charge is 0.507 e. The number of para-hydroxylation sites is 1. The maximum absolute atomic E-state index is 12.1. The molecular weight excluding hydrogens is 296 g/mol. The van der Waals surface area contributed by atoms with Crippen LogP contribution in [0.25, 0.3) is 0 Å². The lowest BCUT2D eigenvalue weighted by atomic mass is 10.1. The van der Waals surface area contributed by atoms with Gasteiger partial charge < -0.3 is 20.8 Å². The van der Waals surface area contributed by atoms with Crippen LogP contribution in [-0.4, -0.2) is 28.1 Å². The predicted molar refractivity (Wildman–Crippen MR) is 86.8 cm³/mol. The minimum atomic E-state index is -0.512. The van der Waals surface area contributed by atoms with E-state index in [1.54, 1.807) is 12.1 Å². The molecule has 120 valence electrons. The summed E-state index contributed by atoms with van der Waals surface area (Å²) in [6.07, 6.45) is 0. The van der Waals surface area contributed by atoms with Crippen LogP contribution in [0.4, 0.5) is 5.69 Å². The summed E-state index contributed by atoms with van der Waals surface area (Å²) in [5.41, 5.74) is 0.560. The highest BCUT2D eigenvalue weighted by Crippen LogP contribution is 2.23. The van der Waals surface area contributed by atoms with Crippen molar-refractivity contribution in [1.29, 1.82) is 0 Å². The Labute approximate surface area is 133 Å². The van der Waals surface area contributed by atoms with E-state index < -0.39 is 11.8 Å². The number of aromatic hydroxyl groups is 2. The van der Waals surface area contributed by atoms with Gasteiger partial charge in [0.2, 0.25) is 0 Å². The maximum Gasteiger partial charge on any atom is 0.259 e. The van der Waals surface area contributed by atoms with Crippen molar-refractivity contribution in [2.45, 2.75) is 19.9 Å². The number of phenolic OH excluding ortho intramolecular Hbond substituents is 2. The van der Waals surface area contributed by atoms with E-state index in [1.807, 2.05) is 13.8 Å². The normalized spacial score (nSPS) is 10.4. The molecule has 0 unspecified atom stereocenters. The zero-order valence-corrected chi connectivity index (χ0v) is 12.8. The molecule has 0 aliphatic carbocycles. The highest BCUT2D eigenvalue weighted by molar-refractivity contribution is 6.06. The lowest BCUT2D eigenvalue weighted by Crippen LogP contribution is -2.30. The summed E-state index contributed by atoms with van der Waals surface area (Å²) in [6, 6.07) is 10.3. The minimum Gasteiger partial charge on any atom is -0.507 e. The maximum atomic E-state index is 12.1. The van der Waals surface area contributed by atoms with Crippen molar-refractivity contribution in [3.8, 4) is 11.5 Å². The van der Waals surface area contributed by atoms with E-state index in [0.717, 1.165) is 0 Å². The summed E-state index contributed by atoms with van der Waals surface area (Å²) in [6.45, 7) is 3.63. The van der Waals surface area contributed by atoms with Gasteiger partial charge in [-0.3, -0.25) is 9.59 Å². The number of amides is 2. The molecular formula is C17H18N2O4. The number of hydrogen-bond acceptors (Lipinski definition) is 4. The molecule has 6 nitrogen and oxygen atoms in total. The zero-order valence-electron chi connectivity index (χ0n) is 12.8. The summed E-state index contributed by atoms with van der Waals surface area (Å²) in [5, 5.41) is 24.8. The fraction of sp³-hybridized carbons (Fsp3) is 0.176. The third-order valence-corrected chi connectivity index (χ3v) is 3.07. The molecule has 0 heterocycles. The lowest BCUT2D eigenvalue weighted by molar-refractivity contribution is 0.0940. The van der Waals surface area contributed by atoms with Gasteiger partial charge in [0.05, 0.1) is 11.1 Å². The molecule has 23 heavy (non-hydrogen) atoms. The number of carbonyl (C=O) groups excluding carboxylic acids is 2. The average Bonchev–Trinajstić information content (AvgIpc) is 2.46. The minimum absolute atomic E-state index is 0.0534. The second-order valence-electron chi connectivity index (χ2n) is 5.33. The molecule has 2 aromatic carbocycles. The van der Waals surface area contributed by atoms with Crippen molar-refractivity contribution < 1.29 is 19.8 Å². The van der Waals surface area contributed by atoms with E-state index in [1.165, 1.54) is 30.3 Å². The number of rotatable bonds is 4. The Morgan fingerprint density at radius 3 is 2.17 bits per heavy atom. The number of hydrogen-bond donors (Lipinski definition) is 4. The molecule has 0 spiro atoms. The van der Waals surface area contributed by atoms with Gasteiger partial charge >= 0.3 is 0 Å². The summed E-state index contributed by atoms with van der Waals surface area (Å²) in [5.74, 6) is -1.28. The highest BCUT2D eigenvalue weighted by Gasteiger charge is 2.15. The molecule has 0 saturated carbocycles. The average molecular weight is 314 g/mol. The van der Waals surface area contributed by atoms with Gasteiger partial charge in [0.15, 0.2) is 0 Å². The lowest BCUT2D eigenvalue weighted by Gasteiger charge is -2.11. The fourth-order valence-electron chi connectivity index (χ4n) is 2.01. The number of nitrogens with one attached hydrogen (secondary N) is 2. The fourth-order valence-corrected chi connectivity index (χ4v) is 2.01. The Hall–Kier alpha value is -3.02. The molecule has 0 radical (unpaired) electrons. The van der Waals surface area contributed by atoms with E-state index in [-0.39, 0.29) is 28.7 Å². The van der Waals surface area contributed by atoms with Crippen LogP contribution in [0.2, 0.25) is 0 Å². The van der Waals surface area contributed by atoms with Gasteiger partial charge in [0.1, 0.15) is 11.5 Å². The van der Waals surface area contributed by atoms with Crippen LogP contribution < -0.4 is 10.6 Å². The summed E-state index contributed by atoms with van der Waals surface area (Å²) in [4.78, 5) is 24.0. The van der Waals surface area contributed by atoms with Crippen molar-refractivity contribution in [3.05, 3.63) is 53.6 Å². The number of benzene rings is 2. The number of carbonyl (C=O) groups is 2. The molecule has 0 saturated heterocycles. The van der Waals surface area contributed by atoms with E-state index in [0.29, 0.717) is 5.69 Å². The Morgan fingerprint density at radius 1 is 0.913 bits per heavy atom. The smallest absolute Gasteiger partial charge is 0.259 e. The molecule has 0 aromatic heterocycles. The number of phenols is 2. The first-order valence-corrected chi connectivity index (χ1v) is 7.11. The quantitative estimate of drug-likeness (QED) is 0.697. The first kappa shape index (κ1) is 16.4. The monoisotopic (exact) mass is 314 g/mol. The van der Waals surface area contributed by atoms with Crippen LogP contribution in [0.15, 0.2) is 42.5 Å². The second-order valence-corrected chi connectivity index (χ2v) is 5.33. The van der Waals surface area contributed by atoms with Crippen LogP contribution in [0.1, 0.15) is 34.6 Å². The Morgan fingerprint density at radius 2 is 1.57 bits per heavy atom. The van der Waals surface area contributed by atoms with Crippen molar-refractivity contribution >= 4 is 17.5 Å². The molecule has 0 bridgehead atoms. The van der Waals surface area contributed by atoms with Crippen molar-refractivity contribution in [2.75, 3.05) is 5.32 Å². The van der Waals surface area contributed by atoms with Gasteiger partial charge in [-0.1, -0.05) is 12.1 Å². The summed E-state index contributed by atoms with van der Waals surface area (Å²) >= 11 is 0. The standard InChI is InChI=1S/C17H18N2O4/c1-10(2)18-16(22)13-8-7-11(9-15(13)21)19-17(23)12-5-3-4-6-14(12)20/h3-10,20-21H,1-2H3,(H,18,22)(H,19,23). The van der Waals surface area contributed by atoms with Gasteiger partial charge in [0, 0.05) is 17.8 Å². The molecule has 2 amide bonds. The summed E-state index contributed by atoms with van der Waals surface area (Å²) < 4.78 is 0. The van der Waals surface area contributed by atoms with Gasteiger partial charge in [-0.2, -0.15) is 0 Å². The third kappa shape index (κ3) is 4.00. The van der Waals surface area contributed by atoms with Crippen molar-refractivity contribution in [2.24, 2.45) is 0 Å². The van der Waals surface area contributed by atoms with Crippen LogP contribution in [0.3, 0.4) is 0 Å². The zero-order chi connectivity index (χ0) is 17.0. The SMILES string of the molecule is CC(C)NC(=O)c1ccc(NC(=O)c2ccccc2O)cc1O. The van der Waals surface area contributed by atoms with Crippen LogP contribution in [0, 0.1) is 0 Å². The summed E-state index contributed by atoms with van der Waals surface area (Å²) in [7, 11) is 0. The Balaban J connectivity index is 2.16.